The smallest absolute Gasteiger partial charge is 0.0883 e. The number of hydrogen-bond acceptors (Lipinski definition) is 2. The Bertz CT molecular complexity index is 256. The number of hydrogen-bond donors (Lipinski definition) is 2. The second-order valence-corrected chi connectivity index (χ2v) is 2.58. The summed E-state index contributed by atoms with van der Waals surface area (Å²) in [5, 5.41) is 3.66. The van der Waals surface area contributed by atoms with Crippen LogP contribution >= 0.6 is 11.6 Å². The van der Waals surface area contributed by atoms with Crippen molar-refractivity contribution in [2.75, 3.05) is 12.0 Å². The average Bonchev–Trinajstić information content (AvgIpc) is 2.09. The van der Waals surface area contributed by atoms with Gasteiger partial charge in [0.25, 0.3) is 0 Å². The monoisotopic (exact) mass is 183 g/mol. The van der Waals surface area contributed by atoms with Gasteiger partial charge in [0.1, 0.15) is 0 Å². The summed E-state index contributed by atoms with van der Waals surface area (Å²) in [6.45, 7) is 0.292. The fourth-order valence-electron chi connectivity index (χ4n) is 0.719. The van der Waals surface area contributed by atoms with Gasteiger partial charge in [-0.2, -0.15) is 0 Å². The number of rotatable bonds is 3. The SMILES string of the molecule is NCN=CNc1ccc(Cl)cc1. The zero-order valence-corrected chi connectivity index (χ0v) is 7.25. The van der Waals surface area contributed by atoms with Crippen molar-refractivity contribution < 1.29 is 0 Å². The predicted octanol–water partition coefficient (Wildman–Crippen LogP) is 1.70. The summed E-state index contributed by atoms with van der Waals surface area (Å²) in [5.41, 5.74) is 6.10. The molecule has 0 unspecified atom stereocenters. The van der Waals surface area contributed by atoms with E-state index >= 15 is 0 Å². The number of nitrogens with two attached hydrogens (primary N) is 1. The van der Waals surface area contributed by atoms with Crippen molar-refractivity contribution in [3.8, 4) is 0 Å². The van der Waals surface area contributed by atoms with Crippen LogP contribution in [0.2, 0.25) is 5.02 Å². The first-order valence-electron chi connectivity index (χ1n) is 3.53. The largest absolute Gasteiger partial charge is 0.347 e. The Balaban J connectivity index is 2.53. The van der Waals surface area contributed by atoms with Crippen LogP contribution in [0.3, 0.4) is 0 Å². The third kappa shape index (κ3) is 2.90. The molecular formula is C8H10ClN3. The minimum Gasteiger partial charge on any atom is -0.347 e. The minimum absolute atomic E-state index is 0.292. The van der Waals surface area contributed by atoms with Gasteiger partial charge in [0.05, 0.1) is 13.0 Å². The molecule has 3 N–H and O–H groups in total. The van der Waals surface area contributed by atoms with E-state index in [-0.39, 0.29) is 0 Å². The maximum absolute atomic E-state index is 5.69. The van der Waals surface area contributed by atoms with E-state index in [0.717, 1.165) is 10.7 Å². The quantitative estimate of drug-likeness (QED) is 0.554. The lowest BCUT2D eigenvalue weighted by Crippen LogP contribution is -1.99. The second kappa shape index (κ2) is 4.74. The van der Waals surface area contributed by atoms with Gasteiger partial charge in [-0.1, -0.05) is 11.6 Å². The average molecular weight is 184 g/mol. The van der Waals surface area contributed by atoms with Crippen LogP contribution < -0.4 is 11.1 Å². The molecule has 0 aromatic heterocycles. The van der Waals surface area contributed by atoms with Gasteiger partial charge in [-0.05, 0) is 24.3 Å². The third-order valence-corrected chi connectivity index (χ3v) is 1.52. The van der Waals surface area contributed by atoms with Crippen molar-refractivity contribution in [3.63, 3.8) is 0 Å². The van der Waals surface area contributed by atoms with E-state index in [1.807, 2.05) is 12.1 Å². The number of halogens is 1. The first-order chi connectivity index (χ1) is 5.83. The Morgan fingerprint density at radius 3 is 2.67 bits per heavy atom. The standard InChI is InChI=1S/C8H10ClN3/c9-7-1-3-8(4-2-7)12-6-11-5-10/h1-4,6H,5,10H2,(H,11,12). The van der Waals surface area contributed by atoms with Gasteiger partial charge in [0.2, 0.25) is 0 Å². The summed E-state index contributed by atoms with van der Waals surface area (Å²) >= 11 is 5.69. The van der Waals surface area contributed by atoms with Crippen LogP contribution in [0.15, 0.2) is 29.3 Å². The van der Waals surface area contributed by atoms with Gasteiger partial charge in [-0.25, -0.2) is 0 Å². The number of aliphatic imine (C=N–C) groups is 1. The molecule has 0 atom stereocenters. The molecule has 0 amide bonds. The first-order valence-corrected chi connectivity index (χ1v) is 3.91. The summed E-state index contributed by atoms with van der Waals surface area (Å²) in [5.74, 6) is 0. The van der Waals surface area contributed by atoms with Crippen LogP contribution in [-0.4, -0.2) is 13.0 Å². The summed E-state index contributed by atoms with van der Waals surface area (Å²) in [6, 6.07) is 7.34. The van der Waals surface area contributed by atoms with Gasteiger partial charge in [-0.15, -0.1) is 0 Å². The van der Waals surface area contributed by atoms with E-state index < -0.39 is 0 Å². The molecule has 1 rings (SSSR count). The van der Waals surface area contributed by atoms with E-state index in [1.54, 1.807) is 18.5 Å². The molecule has 64 valence electrons. The number of benzene rings is 1. The van der Waals surface area contributed by atoms with Crippen molar-refractivity contribution in [2.45, 2.75) is 0 Å². The Labute approximate surface area is 76.2 Å². The fraction of sp³-hybridized carbons (Fsp3) is 0.125. The molecular weight excluding hydrogens is 174 g/mol. The Morgan fingerprint density at radius 2 is 2.08 bits per heavy atom. The molecule has 12 heavy (non-hydrogen) atoms. The maximum atomic E-state index is 5.69. The van der Waals surface area contributed by atoms with E-state index in [1.165, 1.54) is 0 Å². The van der Waals surface area contributed by atoms with E-state index in [0.29, 0.717) is 6.67 Å². The van der Waals surface area contributed by atoms with Crippen molar-refractivity contribution in [2.24, 2.45) is 10.7 Å². The molecule has 0 saturated carbocycles. The molecule has 1 aromatic rings. The van der Waals surface area contributed by atoms with Crippen molar-refractivity contribution in [1.29, 1.82) is 0 Å². The van der Waals surface area contributed by atoms with Gasteiger partial charge >= 0.3 is 0 Å². The van der Waals surface area contributed by atoms with E-state index in [9.17, 15) is 0 Å². The molecule has 0 saturated heterocycles. The summed E-state index contributed by atoms with van der Waals surface area (Å²) in [6.07, 6.45) is 1.56. The van der Waals surface area contributed by atoms with Crippen LogP contribution in [-0.2, 0) is 0 Å². The van der Waals surface area contributed by atoms with Crippen LogP contribution in [0.4, 0.5) is 5.69 Å². The van der Waals surface area contributed by atoms with Crippen LogP contribution in [0.25, 0.3) is 0 Å². The van der Waals surface area contributed by atoms with Crippen LogP contribution in [0, 0.1) is 0 Å². The van der Waals surface area contributed by atoms with Crippen molar-refractivity contribution in [1.82, 2.24) is 0 Å². The molecule has 1 aromatic carbocycles. The third-order valence-electron chi connectivity index (χ3n) is 1.27. The van der Waals surface area contributed by atoms with Gasteiger partial charge in [0, 0.05) is 10.7 Å². The van der Waals surface area contributed by atoms with Gasteiger partial charge in [-0.3, -0.25) is 4.99 Å². The normalized spacial score (nSPS) is 10.5. The molecule has 0 aliphatic carbocycles. The molecule has 0 aliphatic heterocycles. The highest BCUT2D eigenvalue weighted by molar-refractivity contribution is 6.30. The molecule has 3 nitrogen and oxygen atoms in total. The van der Waals surface area contributed by atoms with E-state index in [2.05, 4.69) is 10.3 Å². The summed E-state index contributed by atoms with van der Waals surface area (Å²) < 4.78 is 0. The second-order valence-electron chi connectivity index (χ2n) is 2.15. The fourth-order valence-corrected chi connectivity index (χ4v) is 0.845. The topological polar surface area (TPSA) is 50.4 Å². The zero-order chi connectivity index (χ0) is 8.81. The van der Waals surface area contributed by atoms with Crippen molar-refractivity contribution >= 4 is 23.6 Å². The van der Waals surface area contributed by atoms with Crippen LogP contribution in [0.1, 0.15) is 0 Å². The molecule has 0 radical (unpaired) electrons. The highest BCUT2D eigenvalue weighted by Gasteiger charge is 1.87. The first kappa shape index (κ1) is 9.03. The molecule has 0 fully saturated rings. The predicted molar refractivity (Wildman–Crippen MR) is 52.6 cm³/mol. The van der Waals surface area contributed by atoms with E-state index in [4.69, 9.17) is 17.3 Å². The Kier molecular flexibility index (Phi) is 3.57. The minimum atomic E-state index is 0.292. The number of nitrogens with one attached hydrogen (secondary N) is 1. The Hall–Kier alpha value is -1.06. The lowest BCUT2D eigenvalue weighted by Gasteiger charge is -1.98. The lowest BCUT2D eigenvalue weighted by atomic mass is 10.3. The zero-order valence-electron chi connectivity index (χ0n) is 6.50. The highest BCUT2D eigenvalue weighted by Crippen LogP contribution is 2.12. The molecule has 0 heterocycles. The lowest BCUT2D eigenvalue weighted by molar-refractivity contribution is 1.08. The highest BCUT2D eigenvalue weighted by atomic mass is 35.5. The number of anilines is 1. The molecule has 0 spiro atoms. The molecule has 4 heteroatoms. The van der Waals surface area contributed by atoms with Crippen molar-refractivity contribution in [3.05, 3.63) is 29.3 Å². The summed E-state index contributed by atoms with van der Waals surface area (Å²) in [4.78, 5) is 3.80. The van der Waals surface area contributed by atoms with Gasteiger partial charge < -0.3 is 11.1 Å². The Morgan fingerprint density at radius 1 is 1.42 bits per heavy atom. The van der Waals surface area contributed by atoms with Crippen LogP contribution in [0.5, 0.6) is 0 Å². The maximum Gasteiger partial charge on any atom is 0.0883 e. The summed E-state index contributed by atoms with van der Waals surface area (Å²) in [7, 11) is 0. The molecule has 0 aliphatic rings. The number of nitrogens with zero attached hydrogens (tertiary/aromatic N) is 1. The molecule has 0 bridgehead atoms. The van der Waals surface area contributed by atoms with Gasteiger partial charge in [0.15, 0.2) is 0 Å².